The van der Waals surface area contributed by atoms with Crippen molar-refractivity contribution in [3.63, 3.8) is 0 Å². The highest BCUT2D eigenvalue weighted by molar-refractivity contribution is 5.85. The number of carbonyl (C=O) groups is 1. The Morgan fingerprint density at radius 2 is 1.91 bits per heavy atom. The Bertz CT molecular complexity index is 786. The molecule has 4 heterocycles. The SMILES string of the molecule is CN1CCC(=C2c3cc(C=O)n(C)c3CCn3ccnc32)CC1. The predicted octanol–water partition coefficient (Wildman–Crippen LogP) is 2.12. The molecule has 0 radical (unpaired) electrons. The van der Waals surface area contributed by atoms with Crippen molar-refractivity contribution in [1.82, 2.24) is 19.0 Å². The summed E-state index contributed by atoms with van der Waals surface area (Å²) in [6.07, 6.45) is 7.99. The van der Waals surface area contributed by atoms with Crippen molar-refractivity contribution in [3.8, 4) is 0 Å². The zero-order valence-electron chi connectivity index (χ0n) is 13.7. The van der Waals surface area contributed by atoms with Gasteiger partial charge in [0.15, 0.2) is 6.29 Å². The second-order valence-electron chi connectivity index (χ2n) is 6.58. The fourth-order valence-electron chi connectivity index (χ4n) is 3.85. The van der Waals surface area contributed by atoms with Gasteiger partial charge < -0.3 is 14.0 Å². The summed E-state index contributed by atoms with van der Waals surface area (Å²) in [5.74, 6) is 1.06. The molecule has 5 nitrogen and oxygen atoms in total. The quantitative estimate of drug-likeness (QED) is 0.758. The molecule has 23 heavy (non-hydrogen) atoms. The van der Waals surface area contributed by atoms with Crippen LogP contribution in [0.5, 0.6) is 0 Å². The highest BCUT2D eigenvalue weighted by Gasteiger charge is 2.27. The van der Waals surface area contributed by atoms with E-state index in [-0.39, 0.29) is 0 Å². The summed E-state index contributed by atoms with van der Waals surface area (Å²) in [7, 11) is 4.17. The number of hydrogen-bond acceptors (Lipinski definition) is 3. The summed E-state index contributed by atoms with van der Waals surface area (Å²) >= 11 is 0. The third kappa shape index (κ3) is 2.27. The van der Waals surface area contributed by atoms with Crippen LogP contribution < -0.4 is 0 Å². The van der Waals surface area contributed by atoms with Gasteiger partial charge in [0, 0.05) is 62.3 Å². The molecule has 1 saturated heterocycles. The van der Waals surface area contributed by atoms with Crippen LogP contribution in [0.25, 0.3) is 5.57 Å². The maximum absolute atomic E-state index is 11.4. The topological polar surface area (TPSA) is 43.1 Å². The smallest absolute Gasteiger partial charge is 0.166 e. The molecule has 0 saturated carbocycles. The molecule has 0 spiro atoms. The lowest BCUT2D eigenvalue weighted by Gasteiger charge is -2.26. The second-order valence-corrected chi connectivity index (χ2v) is 6.58. The number of aromatic nitrogens is 3. The first-order valence-corrected chi connectivity index (χ1v) is 8.25. The van der Waals surface area contributed by atoms with Crippen LogP contribution in [0, 0.1) is 0 Å². The lowest BCUT2D eigenvalue weighted by molar-refractivity contribution is 0.111. The van der Waals surface area contributed by atoms with Crippen molar-refractivity contribution in [2.45, 2.75) is 25.8 Å². The molecular formula is C18H22N4O. The van der Waals surface area contributed by atoms with Crippen molar-refractivity contribution < 1.29 is 4.79 Å². The van der Waals surface area contributed by atoms with Crippen LogP contribution >= 0.6 is 0 Å². The second kappa shape index (κ2) is 5.49. The van der Waals surface area contributed by atoms with Crippen LogP contribution in [0.1, 0.15) is 40.4 Å². The summed E-state index contributed by atoms with van der Waals surface area (Å²) in [6, 6.07) is 2.05. The van der Waals surface area contributed by atoms with Crippen LogP contribution in [0.2, 0.25) is 0 Å². The van der Waals surface area contributed by atoms with Gasteiger partial charge in [-0.05, 0) is 26.0 Å². The number of piperidine rings is 1. The normalized spacial score (nSPS) is 18.5. The number of rotatable bonds is 1. The van der Waals surface area contributed by atoms with E-state index in [2.05, 4.69) is 27.7 Å². The van der Waals surface area contributed by atoms with Gasteiger partial charge in [0.1, 0.15) is 5.82 Å². The molecule has 0 aliphatic carbocycles. The van der Waals surface area contributed by atoms with Crippen molar-refractivity contribution >= 4 is 11.9 Å². The van der Waals surface area contributed by atoms with Crippen LogP contribution in [0.4, 0.5) is 0 Å². The Labute approximate surface area is 136 Å². The Morgan fingerprint density at radius 3 is 2.65 bits per heavy atom. The van der Waals surface area contributed by atoms with Gasteiger partial charge in [-0.25, -0.2) is 4.98 Å². The van der Waals surface area contributed by atoms with E-state index in [1.165, 1.54) is 22.4 Å². The molecule has 4 rings (SSSR count). The molecule has 1 fully saturated rings. The molecule has 2 aromatic rings. The molecule has 5 heteroatoms. The van der Waals surface area contributed by atoms with E-state index in [4.69, 9.17) is 0 Å². The number of hydrogen-bond donors (Lipinski definition) is 0. The summed E-state index contributed by atoms with van der Waals surface area (Å²) < 4.78 is 4.30. The van der Waals surface area contributed by atoms with Gasteiger partial charge in [0.05, 0.1) is 5.69 Å². The first-order chi connectivity index (χ1) is 11.2. The minimum Gasteiger partial charge on any atom is -0.345 e. The summed E-state index contributed by atoms with van der Waals surface area (Å²) in [4.78, 5) is 18.4. The third-order valence-electron chi connectivity index (χ3n) is 5.26. The largest absolute Gasteiger partial charge is 0.345 e. The van der Waals surface area contributed by atoms with Gasteiger partial charge in [-0.2, -0.15) is 0 Å². The first kappa shape index (κ1) is 14.5. The average molecular weight is 310 g/mol. The lowest BCUT2D eigenvalue weighted by Crippen LogP contribution is -2.27. The maximum Gasteiger partial charge on any atom is 0.166 e. The lowest BCUT2D eigenvalue weighted by atomic mass is 9.92. The van der Waals surface area contributed by atoms with E-state index in [0.29, 0.717) is 0 Å². The highest BCUT2D eigenvalue weighted by atomic mass is 16.1. The van der Waals surface area contributed by atoms with E-state index in [1.807, 2.05) is 23.9 Å². The number of fused-ring (bicyclic) bond motifs is 2. The van der Waals surface area contributed by atoms with Gasteiger partial charge in [-0.3, -0.25) is 4.79 Å². The van der Waals surface area contributed by atoms with Gasteiger partial charge >= 0.3 is 0 Å². The number of aryl methyl sites for hydroxylation is 1. The van der Waals surface area contributed by atoms with Gasteiger partial charge in [0.25, 0.3) is 0 Å². The standard InChI is InChI=1S/C18H22N4O/c1-20-7-3-13(4-8-20)17-15-11-14(12-23)21(2)16(15)5-9-22-10-6-19-18(17)22/h6,10-12H,3-5,7-9H2,1-2H3. The number of imidazole rings is 1. The Morgan fingerprint density at radius 1 is 1.13 bits per heavy atom. The monoisotopic (exact) mass is 310 g/mol. The Balaban J connectivity index is 1.94. The van der Waals surface area contributed by atoms with E-state index in [9.17, 15) is 4.79 Å². The summed E-state index contributed by atoms with van der Waals surface area (Å²) in [6.45, 7) is 3.08. The van der Waals surface area contributed by atoms with Crippen molar-refractivity contribution in [1.29, 1.82) is 0 Å². The van der Waals surface area contributed by atoms with Gasteiger partial charge in [-0.15, -0.1) is 0 Å². The Kier molecular flexibility index (Phi) is 3.45. The summed E-state index contributed by atoms with van der Waals surface area (Å²) in [5.41, 5.74) is 5.94. The van der Waals surface area contributed by atoms with Gasteiger partial charge in [-0.1, -0.05) is 5.57 Å². The van der Waals surface area contributed by atoms with E-state index < -0.39 is 0 Å². The fourth-order valence-corrected chi connectivity index (χ4v) is 3.85. The summed E-state index contributed by atoms with van der Waals surface area (Å²) in [5, 5.41) is 0. The van der Waals surface area contributed by atoms with Gasteiger partial charge in [0.2, 0.25) is 0 Å². The zero-order chi connectivity index (χ0) is 16.0. The fraction of sp³-hybridized carbons (Fsp3) is 0.444. The minimum absolute atomic E-state index is 0.751. The predicted molar refractivity (Wildman–Crippen MR) is 89.5 cm³/mol. The maximum atomic E-state index is 11.4. The van der Waals surface area contributed by atoms with Crippen LogP contribution in [-0.4, -0.2) is 45.4 Å². The zero-order valence-corrected chi connectivity index (χ0v) is 13.7. The van der Waals surface area contributed by atoms with E-state index >= 15 is 0 Å². The molecule has 0 aromatic carbocycles. The molecule has 120 valence electrons. The molecule has 2 aliphatic heterocycles. The number of nitrogens with zero attached hydrogens (tertiary/aromatic N) is 4. The number of aldehydes is 1. The molecule has 0 bridgehead atoms. The Hall–Kier alpha value is -2.14. The first-order valence-electron chi connectivity index (χ1n) is 8.25. The van der Waals surface area contributed by atoms with Crippen molar-refractivity contribution in [3.05, 3.63) is 46.8 Å². The molecular weight excluding hydrogens is 288 g/mol. The number of carbonyl (C=O) groups excluding carboxylic acids is 1. The number of likely N-dealkylation sites (tertiary alicyclic amines) is 1. The van der Waals surface area contributed by atoms with Crippen molar-refractivity contribution in [2.24, 2.45) is 7.05 Å². The van der Waals surface area contributed by atoms with Crippen LogP contribution in [0.3, 0.4) is 0 Å². The molecule has 2 aliphatic rings. The van der Waals surface area contributed by atoms with Crippen LogP contribution in [0.15, 0.2) is 24.0 Å². The van der Waals surface area contributed by atoms with E-state index in [0.717, 1.165) is 56.7 Å². The minimum atomic E-state index is 0.751. The average Bonchev–Trinajstić information content (AvgIpc) is 3.09. The van der Waals surface area contributed by atoms with Crippen molar-refractivity contribution in [2.75, 3.05) is 20.1 Å². The molecule has 2 aromatic heterocycles. The molecule has 0 N–H and O–H groups in total. The molecule has 0 atom stereocenters. The third-order valence-corrected chi connectivity index (χ3v) is 5.26. The van der Waals surface area contributed by atoms with E-state index in [1.54, 1.807) is 0 Å². The van der Waals surface area contributed by atoms with Crippen LogP contribution in [-0.2, 0) is 20.0 Å². The highest BCUT2D eigenvalue weighted by Crippen LogP contribution is 2.36. The molecule has 0 amide bonds. The molecule has 0 unspecified atom stereocenters.